The second-order valence-electron chi connectivity index (χ2n) is 7.94. The fourth-order valence-corrected chi connectivity index (χ4v) is 3.72. The van der Waals surface area contributed by atoms with Crippen LogP contribution in [-0.4, -0.2) is 25.2 Å². The van der Waals surface area contributed by atoms with Gasteiger partial charge < -0.3 is 19.2 Å². The number of nitrogens with one attached hydrogen (secondary N) is 1. The molecule has 0 saturated carbocycles. The van der Waals surface area contributed by atoms with Gasteiger partial charge >= 0.3 is 0 Å². The van der Waals surface area contributed by atoms with Gasteiger partial charge in [-0.3, -0.25) is 4.79 Å². The largest absolute Gasteiger partial charge is 0.494 e. The van der Waals surface area contributed by atoms with Crippen LogP contribution in [-0.2, 0) is 4.79 Å². The Balaban J connectivity index is 2.10. The maximum atomic E-state index is 12.5. The third kappa shape index (κ3) is 4.98. The van der Waals surface area contributed by atoms with Crippen LogP contribution >= 0.6 is 0 Å². The van der Waals surface area contributed by atoms with E-state index in [1.165, 1.54) is 0 Å². The number of rotatable bonds is 9. The summed E-state index contributed by atoms with van der Waals surface area (Å²) in [5.74, 6) is 1.49. The first-order valence-electron chi connectivity index (χ1n) is 11.3. The minimum absolute atomic E-state index is 0.101. The molecule has 1 atom stereocenters. The number of amides is 1. The number of aryl methyl sites for hydroxylation is 1. The smallest absolute Gasteiger partial charge is 0.244 e. The summed E-state index contributed by atoms with van der Waals surface area (Å²) in [6.45, 7) is 13.1. The third-order valence-electron chi connectivity index (χ3n) is 5.58. The highest BCUT2D eigenvalue weighted by molar-refractivity contribution is 6.01. The summed E-state index contributed by atoms with van der Waals surface area (Å²) < 4.78 is 17.5. The molecule has 2 aromatic carbocycles. The highest BCUT2D eigenvalue weighted by Gasteiger charge is 2.19. The molecule has 0 spiro atoms. The Morgan fingerprint density at radius 2 is 1.81 bits per heavy atom. The lowest BCUT2D eigenvalue weighted by Crippen LogP contribution is -2.30. The van der Waals surface area contributed by atoms with Crippen LogP contribution in [0.15, 0.2) is 47.1 Å². The Morgan fingerprint density at radius 3 is 2.44 bits per heavy atom. The molecular formula is C27H33NO4. The molecule has 1 amide bonds. The van der Waals surface area contributed by atoms with E-state index in [0.717, 1.165) is 56.7 Å². The van der Waals surface area contributed by atoms with Crippen LogP contribution < -0.4 is 14.8 Å². The standard InChI is InChI=1S/C27H33NO4/c1-7-18(5)28-25(29)14-17(4)22-15-23-24(20-10-12-21(13-11-20)30-8-2)16-32-27(23)19(6)26(22)31-9-3/h10-16,18H,7-9H2,1-6H3,(H,28,29)/b17-14+. The van der Waals surface area contributed by atoms with Crippen LogP contribution in [0.25, 0.3) is 27.7 Å². The minimum Gasteiger partial charge on any atom is -0.494 e. The first-order chi connectivity index (χ1) is 15.4. The summed E-state index contributed by atoms with van der Waals surface area (Å²) in [4.78, 5) is 12.5. The molecule has 1 N–H and O–H groups in total. The monoisotopic (exact) mass is 435 g/mol. The molecule has 0 fully saturated rings. The number of carbonyl (C=O) groups excluding carboxylic acids is 1. The molecule has 5 nitrogen and oxygen atoms in total. The average molecular weight is 436 g/mol. The molecule has 0 aliphatic rings. The third-order valence-corrected chi connectivity index (χ3v) is 5.58. The Kier molecular flexibility index (Phi) is 7.62. The number of allylic oxidation sites excluding steroid dienone is 1. The summed E-state index contributed by atoms with van der Waals surface area (Å²) >= 11 is 0. The van der Waals surface area contributed by atoms with Crippen LogP contribution in [0.3, 0.4) is 0 Å². The number of ether oxygens (including phenoxy) is 2. The summed E-state index contributed by atoms with van der Waals surface area (Å²) in [5, 5.41) is 3.98. The van der Waals surface area contributed by atoms with Crippen molar-refractivity contribution < 1.29 is 18.7 Å². The zero-order valence-electron chi connectivity index (χ0n) is 19.9. The molecule has 1 aromatic heterocycles. The van der Waals surface area contributed by atoms with Gasteiger partial charge in [0.05, 0.1) is 19.5 Å². The molecule has 3 rings (SSSR count). The Labute approximate surface area is 190 Å². The lowest BCUT2D eigenvalue weighted by molar-refractivity contribution is -0.117. The molecule has 5 heteroatoms. The van der Waals surface area contributed by atoms with Crippen molar-refractivity contribution in [1.82, 2.24) is 5.32 Å². The second-order valence-corrected chi connectivity index (χ2v) is 7.94. The van der Waals surface area contributed by atoms with E-state index < -0.39 is 0 Å². The molecular weight excluding hydrogens is 402 g/mol. The minimum atomic E-state index is -0.101. The molecule has 3 aromatic rings. The van der Waals surface area contributed by atoms with E-state index in [2.05, 4.69) is 11.4 Å². The number of furan rings is 1. The summed E-state index contributed by atoms with van der Waals surface area (Å²) in [7, 11) is 0. The van der Waals surface area contributed by atoms with Gasteiger partial charge in [-0.2, -0.15) is 0 Å². The summed E-state index contributed by atoms with van der Waals surface area (Å²) in [6, 6.07) is 10.2. The Bertz CT molecular complexity index is 1110. The van der Waals surface area contributed by atoms with E-state index in [9.17, 15) is 4.79 Å². The normalized spacial score (nSPS) is 12.6. The molecule has 32 heavy (non-hydrogen) atoms. The first kappa shape index (κ1) is 23.5. The van der Waals surface area contributed by atoms with E-state index in [1.807, 2.05) is 65.8 Å². The van der Waals surface area contributed by atoms with Crippen LogP contribution in [0.5, 0.6) is 11.5 Å². The van der Waals surface area contributed by atoms with Gasteiger partial charge in [0.25, 0.3) is 0 Å². The predicted molar refractivity (Wildman–Crippen MR) is 130 cm³/mol. The van der Waals surface area contributed by atoms with Gasteiger partial charge in [-0.1, -0.05) is 19.1 Å². The van der Waals surface area contributed by atoms with E-state index in [-0.39, 0.29) is 11.9 Å². The topological polar surface area (TPSA) is 60.7 Å². The van der Waals surface area contributed by atoms with Crippen LogP contribution in [0.4, 0.5) is 0 Å². The predicted octanol–water partition coefficient (Wildman–Crippen LogP) is 6.52. The molecule has 0 saturated heterocycles. The van der Waals surface area contributed by atoms with Gasteiger partial charge in [0.15, 0.2) is 0 Å². The zero-order chi connectivity index (χ0) is 23.3. The summed E-state index contributed by atoms with van der Waals surface area (Å²) in [6.07, 6.45) is 4.31. The molecule has 0 bridgehead atoms. The highest BCUT2D eigenvalue weighted by Crippen LogP contribution is 2.41. The molecule has 1 heterocycles. The maximum absolute atomic E-state index is 12.5. The van der Waals surface area contributed by atoms with Crippen molar-refractivity contribution in [2.24, 2.45) is 0 Å². The molecule has 1 unspecified atom stereocenters. The van der Waals surface area contributed by atoms with Crippen molar-refractivity contribution in [3.05, 3.63) is 53.8 Å². The fourth-order valence-electron chi connectivity index (χ4n) is 3.72. The molecule has 170 valence electrons. The molecule has 0 aliphatic carbocycles. The van der Waals surface area contributed by atoms with Gasteiger partial charge in [0.2, 0.25) is 5.91 Å². The van der Waals surface area contributed by atoms with Crippen LogP contribution in [0, 0.1) is 6.92 Å². The van der Waals surface area contributed by atoms with Crippen molar-refractivity contribution in [2.75, 3.05) is 13.2 Å². The van der Waals surface area contributed by atoms with Crippen molar-refractivity contribution in [2.45, 2.75) is 54.0 Å². The number of carbonyl (C=O) groups is 1. The Hall–Kier alpha value is -3.21. The first-order valence-corrected chi connectivity index (χ1v) is 11.3. The Morgan fingerprint density at radius 1 is 1.12 bits per heavy atom. The van der Waals surface area contributed by atoms with E-state index in [0.29, 0.717) is 13.2 Å². The lowest BCUT2D eigenvalue weighted by atomic mass is 9.96. The number of fused-ring (bicyclic) bond motifs is 1. The molecule has 0 aliphatic heterocycles. The van der Waals surface area contributed by atoms with Crippen LogP contribution in [0.1, 0.15) is 52.2 Å². The highest BCUT2D eigenvalue weighted by atomic mass is 16.5. The van der Waals surface area contributed by atoms with E-state index in [1.54, 1.807) is 12.3 Å². The van der Waals surface area contributed by atoms with Crippen molar-refractivity contribution in [1.29, 1.82) is 0 Å². The van der Waals surface area contributed by atoms with Crippen LogP contribution in [0.2, 0.25) is 0 Å². The number of benzene rings is 2. The average Bonchev–Trinajstić information content (AvgIpc) is 3.20. The lowest BCUT2D eigenvalue weighted by Gasteiger charge is -2.15. The quantitative estimate of drug-likeness (QED) is 0.389. The van der Waals surface area contributed by atoms with Crippen molar-refractivity contribution in [3.8, 4) is 22.6 Å². The van der Waals surface area contributed by atoms with E-state index in [4.69, 9.17) is 13.9 Å². The van der Waals surface area contributed by atoms with Crippen molar-refractivity contribution >= 4 is 22.4 Å². The van der Waals surface area contributed by atoms with Gasteiger partial charge in [-0.05, 0) is 70.4 Å². The van der Waals surface area contributed by atoms with Crippen molar-refractivity contribution in [3.63, 3.8) is 0 Å². The summed E-state index contributed by atoms with van der Waals surface area (Å²) in [5.41, 5.74) is 5.48. The molecule has 0 radical (unpaired) electrons. The maximum Gasteiger partial charge on any atom is 0.244 e. The second kappa shape index (κ2) is 10.4. The van der Waals surface area contributed by atoms with Gasteiger partial charge in [-0.25, -0.2) is 0 Å². The number of hydrogen-bond acceptors (Lipinski definition) is 4. The fraction of sp³-hybridized carbons (Fsp3) is 0.370. The van der Waals surface area contributed by atoms with Gasteiger partial charge in [0, 0.05) is 34.2 Å². The van der Waals surface area contributed by atoms with Gasteiger partial charge in [-0.15, -0.1) is 0 Å². The van der Waals surface area contributed by atoms with E-state index >= 15 is 0 Å². The zero-order valence-corrected chi connectivity index (χ0v) is 19.9. The SMILES string of the molecule is CCOc1ccc(-c2coc3c(C)c(OCC)c(/C(C)=C/C(=O)NC(C)CC)cc23)cc1. The number of hydrogen-bond donors (Lipinski definition) is 1. The van der Waals surface area contributed by atoms with Gasteiger partial charge in [0.1, 0.15) is 17.1 Å².